The Bertz CT molecular complexity index is 322. The number of nitrogens with zero attached hydrogens (tertiary/aromatic N) is 1. The minimum absolute atomic E-state index is 0.109. The average molecular weight is 224 g/mol. The van der Waals surface area contributed by atoms with Crippen molar-refractivity contribution in [1.29, 1.82) is 0 Å². The van der Waals surface area contributed by atoms with E-state index in [1.165, 1.54) is 0 Å². The number of oxazole rings is 1. The van der Waals surface area contributed by atoms with Gasteiger partial charge in [0, 0.05) is 0 Å². The Morgan fingerprint density at radius 1 is 1.47 bits per heavy atom. The van der Waals surface area contributed by atoms with E-state index in [0.717, 1.165) is 0 Å². The van der Waals surface area contributed by atoms with Crippen molar-refractivity contribution >= 4 is 0 Å². The molecule has 1 heterocycles. The Morgan fingerprint density at radius 2 is 2.13 bits per heavy atom. The van der Waals surface area contributed by atoms with Crippen molar-refractivity contribution in [2.75, 3.05) is 6.61 Å². The molecule has 0 unspecified atom stereocenters. The Morgan fingerprint density at radius 3 is 2.60 bits per heavy atom. The third-order valence-electron chi connectivity index (χ3n) is 1.61. The van der Waals surface area contributed by atoms with E-state index >= 15 is 0 Å². The van der Waals surface area contributed by atoms with E-state index in [1.807, 2.05) is 0 Å². The lowest BCUT2D eigenvalue weighted by Gasteiger charge is -2.04. The number of hydrogen-bond donors (Lipinski definition) is 1. The van der Waals surface area contributed by atoms with Gasteiger partial charge >= 0.3 is 6.18 Å². The predicted molar refractivity (Wildman–Crippen MR) is 44.8 cm³/mol. The largest absolute Gasteiger partial charge is 0.442 e. The molecule has 0 atom stereocenters. The van der Waals surface area contributed by atoms with Gasteiger partial charge in [0.25, 0.3) is 0 Å². The lowest BCUT2D eigenvalue weighted by atomic mass is 10.4. The summed E-state index contributed by atoms with van der Waals surface area (Å²) < 4.78 is 44.6. The van der Waals surface area contributed by atoms with Crippen LogP contribution in [0.5, 0.6) is 0 Å². The molecular weight excluding hydrogens is 213 g/mol. The van der Waals surface area contributed by atoms with Crippen molar-refractivity contribution in [2.24, 2.45) is 5.73 Å². The molecule has 4 nitrogen and oxygen atoms in total. The van der Waals surface area contributed by atoms with E-state index in [2.05, 4.69) is 9.72 Å². The van der Waals surface area contributed by atoms with Crippen molar-refractivity contribution in [2.45, 2.75) is 26.3 Å². The van der Waals surface area contributed by atoms with Gasteiger partial charge in [0.05, 0.1) is 12.2 Å². The van der Waals surface area contributed by atoms with Gasteiger partial charge in [-0.15, -0.1) is 0 Å². The van der Waals surface area contributed by atoms with Crippen LogP contribution in [0.3, 0.4) is 0 Å². The van der Waals surface area contributed by atoms with E-state index in [1.54, 1.807) is 6.92 Å². The number of ether oxygens (including phenoxy) is 1. The fourth-order valence-corrected chi connectivity index (χ4v) is 0.993. The van der Waals surface area contributed by atoms with E-state index in [-0.39, 0.29) is 19.0 Å². The van der Waals surface area contributed by atoms with Crippen molar-refractivity contribution in [1.82, 2.24) is 4.98 Å². The second kappa shape index (κ2) is 4.63. The zero-order valence-electron chi connectivity index (χ0n) is 8.10. The fourth-order valence-electron chi connectivity index (χ4n) is 0.993. The van der Waals surface area contributed by atoms with Crippen LogP contribution >= 0.6 is 0 Å². The molecule has 1 aromatic rings. The standard InChI is InChI=1S/C8H11F3N2O2/c1-5-6(2-12)15-7(13-5)3-14-4-8(9,10)11/h2-4,12H2,1H3. The third kappa shape index (κ3) is 3.88. The molecule has 0 aliphatic heterocycles. The van der Waals surface area contributed by atoms with Crippen LogP contribution in [0.15, 0.2) is 4.42 Å². The van der Waals surface area contributed by atoms with Crippen LogP contribution in [0.2, 0.25) is 0 Å². The Balaban J connectivity index is 2.44. The number of halogens is 3. The molecule has 0 saturated heterocycles. The van der Waals surface area contributed by atoms with Crippen LogP contribution in [0.1, 0.15) is 17.3 Å². The zero-order chi connectivity index (χ0) is 11.5. The number of rotatable bonds is 4. The first-order chi connectivity index (χ1) is 6.92. The van der Waals surface area contributed by atoms with Crippen LogP contribution < -0.4 is 5.73 Å². The molecule has 0 spiro atoms. The minimum Gasteiger partial charge on any atom is -0.442 e. The van der Waals surface area contributed by atoms with Crippen molar-refractivity contribution in [3.05, 3.63) is 17.3 Å². The summed E-state index contributed by atoms with van der Waals surface area (Å²) in [6, 6.07) is 0. The van der Waals surface area contributed by atoms with E-state index in [4.69, 9.17) is 10.2 Å². The first-order valence-corrected chi connectivity index (χ1v) is 4.22. The maximum Gasteiger partial charge on any atom is 0.411 e. The van der Waals surface area contributed by atoms with Gasteiger partial charge in [0.1, 0.15) is 19.0 Å². The predicted octanol–water partition coefficient (Wildman–Crippen LogP) is 1.52. The molecule has 1 aromatic heterocycles. The lowest BCUT2D eigenvalue weighted by molar-refractivity contribution is -0.177. The summed E-state index contributed by atoms with van der Waals surface area (Å²) in [4.78, 5) is 3.86. The quantitative estimate of drug-likeness (QED) is 0.842. The molecule has 0 radical (unpaired) electrons. The summed E-state index contributed by atoms with van der Waals surface area (Å²) in [5.74, 6) is 0.567. The van der Waals surface area contributed by atoms with Crippen LogP contribution in [0.25, 0.3) is 0 Å². The highest BCUT2D eigenvalue weighted by Crippen LogP contribution is 2.16. The second-order valence-electron chi connectivity index (χ2n) is 2.93. The molecule has 0 fully saturated rings. The highest BCUT2D eigenvalue weighted by atomic mass is 19.4. The summed E-state index contributed by atoms with van der Waals surface area (Å²) in [5.41, 5.74) is 5.88. The number of nitrogens with two attached hydrogens (primary N) is 1. The highest BCUT2D eigenvalue weighted by Gasteiger charge is 2.27. The van der Waals surface area contributed by atoms with Gasteiger partial charge < -0.3 is 14.9 Å². The molecule has 0 aromatic carbocycles. The third-order valence-corrected chi connectivity index (χ3v) is 1.61. The van der Waals surface area contributed by atoms with Crippen molar-refractivity contribution in [3.8, 4) is 0 Å². The van der Waals surface area contributed by atoms with E-state index in [9.17, 15) is 13.2 Å². The zero-order valence-corrected chi connectivity index (χ0v) is 8.10. The number of alkyl halides is 3. The summed E-state index contributed by atoms with van der Waals surface area (Å²) in [7, 11) is 0. The van der Waals surface area contributed by atoms with Crippen LogP contribution in [0.4, 0.5) is 13.2 Å². The van der Waals surface area contributed by atoms with Crippen molar-refractivity contribution in [3.63, 3.8) is 0 Å². The summed E-state index contributed by atoms with van der Waals surface area (Å²) in [6.07, 6.45) is -4.33. The fraction of sp³-hybridized carbons (Fsp3) is 0.625. The molecule has 0 aliphatic carbocycles. The normalized spacial score (nSPS) is 12.1. The van der Waals surface area contributed by atoms with Crippen LogP contribution in [0, 0.1) is 6.92 Å². The SMILES string of the molecule is Cc1nc(COCC(F)(F)F)oc1CN. The molecule has 7 heteroatoms. The van der Waals surface area contributed by atoms with Gasteiger partial charge in [-0.1, -0.05) is 0 Å². The van der Waals surface area contributed by atoms with Crippen LogP contribution in [-0.4, -0.2) is 17.8 Å². The van der Waals surface area contributed by atoms with Crippen LogP contribution in [-0.2, 0) is 17.9 Å². The molecule has 2 N–H and O–H groups in total. The molecule has 0 saturated carbocycles. The Kier molecular flexibility index (Phi) is 3.70. The Labute approximate surface area is 84.2 Å². The van der Waals surface area contributed by atoms with Gasteiger partial charge in [0.2, 0.25) is 5.89 Å². The van der Waals surface area contributed by atoms with E-state index in [0.29, 0.717) is 11.5 Å². The first-order valence-electron chi connectivity index (χ1n) is 4.22. The number of hydrogen-bond acceptors (Lipinski definition) is 4. The molecule has 1 rings (SSSR count). The summed E-state index contributed by atoms with van der Waals surface area (Å²) >= 11 is 0. The van der Waals surface area contributed by atoms with Gasteiger partial charge in [-0.05, 0) is 6.92 Å². The maximum atomic E-state index is 11.7. The minimum atomic E-state index is -4.33. The average Bonchev–Trinajstić information content (AvgIpc) is 2.44. The molecule has 15 heavy (non-hydrogen) atoms. The van der Waals surface area contributed by atoms with Gasteiger partial charge in [-0.25, -0.2) is 4.98 Å². The molecule has 0 bridgehead atoms. The molecule has 86 valence electrons. The number of aryl methyl sites for hydroxylation is 1. The summed E-state index contributed by atoms with van der Waals surface area (Å²) in [5, 5.41) is 0. The van der Waals surface area contributed by atoms with Gasteiger partial charge in [0.15, 0.2) is 0 Å². The number of aromatic nitrogens is 1. The maximum absolute atomic E-state index is 11.7. The smallest absolute Gasteiger partial charge is 0.411 e. The molecular formula is C8H11F3N2O2. The van der Waals surface area contributed by atoms with Gasteiger partial charge in [-0.2, -0.15) is 13.2 Å². The topological polar surface area (TPSA) is 61.3 Å². The summed E-state index contributed by atoms with van der Waals surface area (Å²) in [6.45, 7) is 0.212. The molecule has 0 aliphatic rings. The monoisotopic (exact) mass is 224 g/mol. The molecule has 0 amide bonds. The van der Waals surface area contributed by atoms with Crippen molar-refractivity contribution < 1.29 is 22.3 Å². The van der Waals surface area contributed by atoms with E-state index < -0.39 is 12.8 Å². The lowest BCUT2D eigenvalue weighted by Crippen LogP contribution is -2.16. The first kappa shape index (κ1) is 12.0. The highest BCUT2D eigenvalue weighted by molar-refractivity contribution is 5.06. The Hall–Kier alpha value is -1.08. The van der Waals surface area contributed by atoms with Gasteiger partial charge in [-0.3, -0.25) is 0 Å². The second-order valence-corrected chi connectivity index (χ2v) is 2.93.